The number of thiazole rings is 1. The van der Waals surface area contributed by atoms with Crippen LogP contribution >= 0.6 is 11.3 Å². The van der Waals surface area contributed by atoms with Gasteiger partial charge in [-0.3, -0.25) is 4.79 Å². The van der Waals surface area contributed by atoms with Gasteiger partial charge in [0, 0.05) is 24.1 Å². The van der Waals surface area contributed by atoms with Crippen molar-refractivity contribution in [1.82, 2.24) is 4.98 Å². The Hall–Kier alpha value is -2.12. The van der Waals surface area contributed by atoms with E-state index in [1.54, 1.807) is 11.3 Å². The quantitative estimate of drug-likeness (QED) is 0.901. The van der Waals surface area contributed by atoms with Crippen molar-refractivity contribution < 1.29 is 14.3 Å². The highest BCUT2D eigenvalue weighted by atomic mass is 32.1. The lowest BCUT2D eigenvalue weighted by Crippen LogP contribution is -2.25. The van der Waals surface area contributed by atoms with Crippen molar-refractivity contribution in [3.05, 3.63) is 23.6 Å². The Labute approximate surface area is 137 Å². The van der Waals surface area contributed by atoms with E-state index in [9.17, 15) is 4.79 Å². The molecule has 4 rings (SSSR count). The first-order valence-electron chi connectivity index (χ1n) is 7.66. The number of nitrogens with one attached hydrogen (secondary N) is 2. The SMILES string of the molecule is O=C1COc2ccc(-c3csc(NC[C@H]4CCCO4)n3)cc2N1. The molecule has 6 nitrogen and oxygen atoms in total. The standard InChI is InChI=1S/C16H17N3O3S/c20-15-8-22-14-4-3-10(6-12(14)18-15)13-9-23-16(19-13)17-7-11-2-1-5-21-11/h3-4,6,9,11H,1-2,5,7-8H2,(H,17,19)(H,18,20)/t11-/m1/s1. The monoisotopic (exact) mass is 331 g/mol. The normalized spacial score (nSPS) is 19.8. The molecular weight excluding hydrogens is 314 g/mol. The molecule has 1 fully saturated rings. The van der Waals surface area contributed by atoms with Crippen LogP contribution in [0, 0.1) is 0 Å². The largest absolute Gasteiger partial charge is 0.482 e. The molecule has 0 bridgehead atoms. The Balaban J connectivity index is 1.47. The van der Waals surface area contributed by atoms with Crippen molar-refractivity contribution in [2.75, 3.05) is 30.4 Å². The predicted molar refractivity (Wildman–Crippen MR) is 89.1 cm³/mol. The van der Waals surface area contributed by atoms with Crippen LogP contribution in [-0.4, -0.2) is 36.8 Å². The molecule has 7 heteroatoms. The number of carbonyl (C=O) groups is 1. The zero-order valence-electron chi connectivity index (χ0n) is 12.5. The molecular formula is C16H17N3O3S. The fourth-order valence-corrected chi connectivity index (χ4v) is 3.47. The topological polar surface area (TPSA) is 72.5 Å². The number of hydrogen-bond donors (Lipinski definition) is 2. The van der Waals surface area contributed by atoms with Crippen LogP contribution in [0.2, 0.25) is 0 Å². The minimum atomic E-state index is -0.133. The fourth-order valence-electron chi connectivity index (χ4n) is 2.74. The summed E-state index contributed by atoms with van der Waals surface area (Å²) >= 11 is 1.57. The molecule has 1 amide bonds. The summed E-state index contributed by atoms with van der Waals surface area (Å²) in [5.41, 5.74) is 2.53. The van der Waals surface area contributed by atoms with E-state index in [-0.39, 0.29) is 12.5 Å². The van der Waals surface area contributed by atoms with E-state index in [0.717, 1.165) is 42.4 Å². The third-order valence-corrected chi connectivity index (χ3v) is 4.72. The van der Waals surface area contributed by atoms with Gasteiger partial charge in [-0.2, -0.15) is 0 Å². The van der Waals surface area contributed by atoms with Gasteiger partial charge in [0.2, 0.25) is 0 Å². The summed E-state index contributed by atoms with van der Waals surface area (Å²) in [6.07, 6.45) is 2.53. The van der Waals surface area contributed by atoms with Crippen molar-refractivity contribution >= 4 is 28.1 Å². The second-order valence-corrected chi connectivity index (χ2v) is 6.46. The second kappa shape index (κ2) is 6.17. The number of aromatic nitrogens is 1. The lowest BCUT2D eigenvalue weighted by atomic mass is 10.1. The van der Waals surface area contributed by atoms with Crippen LogP contribution in [0.1, 0.15) is 12.8 Å². The number of ether oxygens (including phenoxy) is 2. The number of carbonyl (C=O) groups excluding carboxylic acids is 1. The van der Waals surface area contributed by atoms with Crippen LogP contribution in [0.3, 0.4) is 0 Å². The maximum atomic E-state index is 11.4. The molecule has 1 aromatic carbocycles. The molecule has 0 spiro atoms. The first-order chi connectivity index (χ1) is 11.3. The highest BCUT2D eigenvalue weighted by Gasteiger charge is 2.18. The Morgan fingerprint density at radius 1 is 1.43 bits per heavy atom. The van der Waals surface area contributed by atoms with E-state index >= 15 is 0 Å². The molecule has 0 unspecified atom stereocenters. The van der Waals surface area contributed by atoms with Crippen molar-refractivity contribution in [3.8, 4) is 17.0 Å². The van der Waals surface area contributed by atoms with Crippen LogP contribution < -0.4 is 15.4 Å². The molecule has 2 aromatic rings. The Morgan fingerprint density at radius 3 is 3.26 bits per heavy atom. The average Bonchev–Trinajstić information content (AvgIpc) is 3.24. The number of fused-ring (bicyclic) bond motifs is 1. The van der Waals surface area contributed by atoms with Crippen LogP contribution in [0.4, 0.5) is 10.8 Å². The predicted octanol–water partition coefficient (Wildman–Crippen LogP) is 2.73. The van der Waals surface area contributed by atoms with E-state index in [4.69, 9.17) is 9.47 Å². The summed E-state index contributed by atoms with van der Waals surface area (Å²) in [6.45, 7) is 1.72. The Bertz CT molecular complexity index is 725. The van der Waals surface area contributed by atoms with Gasteiger partial charge < -0.3 is 20.1 Å². The van der Waals surface area contributed by atoms with Gasteiger partial charge in [0.05, 0.1) is 17.5 Å². The summed E-state index contributed by atoms with van der Waals surface area (Å²) in [5.74, 6) is 0.562. The molecule has 2 aliphatic rings. The maximum Gasteiger partial charge on any atom is 0.262 e. The third kappa shape index (κ3) is 3.16. The van der Waals surface area contributed by atoms with E-state index < -0.39 is 0 Å². The van der Waals surface area contributed by atoms with Gasteiger partial charge in [-0.25, -0.2) is 4.98 Å². The zero-order chi connectivity index (χ0) is 15.6. The molecule has 0 saturated carbocycles. The number of anilines is 2. The lowest BCUT2D eigenvalue weighted by molar-refractivity contribution is -0.118. The molecule has 2 aliphatic heterocycles. The number of nitrogens with zero attached hydrogens (tertiary/aromatic N) is 1. The summed E-state index contributed by atoms with van der Waals surface area (Å²) in [7, 11) is 0. The van der Waals surface area contributed by atoms with Gasteiger partial charge >= 0.3 is 0 Å². The maximum absolute atomic E-state index is 11.4. The first-order valence-corrected chi connectivity index (χ1v) is 8.54. The number of rotatable bonds is 4. The second-order valence-electron chi connectivity index (χ2n) is 5.60. The van der Waals surface area contributed by atoms with Gasteiger partial charge in [-0.15, -0.1) is 11.3 Å². The van der Waals surface area contributed by atoms with E-state index in [1.165, 1.54) is 0 Å². The van der Waals surface area contributed by atoms with Crippen molar-refractivity contribution in [3.63, 3.8) is 0 Å². The Morgan fingerprint density at radius 2 is 2.39 bits per heavy atom. The van der Waals surface area contributed by atoms with Gasteiger partial charge in [-0.05, 0) is 31.0 Å². The van der Waals surface area contributed by atoms with Crippen molar-refractivity contribution in [2.45, 2.75) is 18.9 Å². The van der Waals surface area contributed by atoms with E-state index in [1.807, 2.05) is 23.6 Å². The van der Waals surface area contributed by atoms with Crippen LogP contribution in [0.15, 0.2) is 23.6 Å². The molecule has 1 aromatic heterocycles. The summed E-state index contributed by atoms with van der Waals surface area (Å²) in [4.78, 5) is 16.0. The minimum Gasteiger partial charge on any atom is -0.482 e. The molecule has 0 radical (unpaired) electrons. The molecule has 2 N–H and O–H groups in total. The molecule has 23 heavy (non-hydrogen) atoms. The van der Waals surface area contributed by atoms with Crippen molar-refractivity contribution in [1.29, 1.82) is 0 Å². The van der Waals surface area contributed by atoms with Crippen molar-refractivity contribution in [2.24, 2.45) is 0 Å². The molecule has 120 valence electrons. The van der Waals surface area contributed by atoms with Gasteiger partial charge in [0.15, 0.2) is 11.7 Å². The zero-order valence-corrected chi connectivity index (χ0v) is 13.3. The molecule has 1 saturated heterocycles. The smallest absolute Gasteiger partial charge is 0.262 e. The summed E-state index contributed by atoms with van der Waals surface area (Å²) in [6, 6.07) is 5.71. The third-order valence-electron chi connectivity index (χ3n) is 3.92. The number of hydrogen-bond acceptors (Lipinski definition) is 6. The number of benzene rings is 1. The van der Waals surface area contributed by atoms with Gasteiger partial charge in [0.25, 0.3) is 5.91 Å². The highest BCUT2D eigenvalue weighted by Crippen LogP contribution is 2.33. The first kappa shape index (κ1) is 14.5. The summed E-state index contributed by atoms with van der Waals surface area (Å²) in [5, 5.41) is 9.04. The van der Waals surface area contributed by atoms with Gasteiger partial charge in [0.1, 0.15) is 5.75 Å². The molecule has 0 aliphatic carbocycles. The van der Waals surface area contributed by atoms with Crippen LogP contribution in [0.5, 0.6) is 5.75 Å². The van der Waals surface area contributed by atoms with E-state index in [2.05, 4.69) is 15.6 Å². The van der Waals surface area contributed by atoms with Crippen LogP contribution in [-0.2, 0) is 9.53 Å². The lowest BCUT2D eigenvalue weighted by Gasteiger charge is -2.18. The summed E-state index contributed by atoms with van der Waals surface area (Å²) < 4.78 is 11.0. The molecule has 3 heterocycles. The van der Waals surface area contributed by atoms with Crippen LogP contribution in [0.25, 0.3) is 11.3 Å². The Kier molecular flexibility index (Phi) is 3.88. The van der Waals surface area contributed by atoms with E-state index in [0.29, 0.717) is 17.5 Å². The van der Waals surface area contributed by atoms with Gasteiger partial charge in [-0.1, -0.05) is 0 Å². The highest BCUT2D eigenvalue weighted by molar-refractivity contribution is 7.14. The fraction of sp³-hybridized carbons (Fsp3) is 0.375. The average molecular weight is 331 g/mol. The minimum absolute atomic E-state index is 0.0698. The number of amides is 1. The molecule has 1 atom stereocenters.